The summed E-state index contributed by atoms with van der Waals surface area (Å²) in [5.41, 5.74) is 0.298. The SMILES string of the molecule is CCCC1(CNc2ccn(C)n2)CCCN1. The summed E-state index contributed by atoms with van der Waals surface area (Å²) in [5, 5.41) is 11.4. The molecule has 1 aromatic heterocycles. The number of aryl methyl sites for hydroxylation is 1. The van der Waals surface area contributed by atoms with Gasteiger partial charge in [0.05, 0.1) is 0 Å². The average Bonchev–Trinajstić information content (AvgIpc) is 2.86. The van der Waals surface area contributed by atoms with Crippen LogP contribution in [0.15, 0.2) is 12.3 Å². The van der Waals surface area contributed by atoms with E-state index in [1.807, 2.05) is 24.0 Å². The Morgan fingerprint density at radius 2 is 2.50 bits per heavy atom. The number of rotatable bonds is 5. The van der Waals surface area contributed by atoms with Gasteiger partial charge in [0, 0.05) is 31.4 Å². The van der Waals surface area contributed by atoms with Crippen LogP contribution in [0.1, 0.15) is 32.6 Å². The van der Waals surface area contributed by atoms with Crippen LogP contribution in [0, 0.1) is 0 Å². The summed E-state index contributed by atoms with van der Waals surface area (Å²) in [6.07, 6.45) is 7.02. The maximum atomic E-state index is 4.34. The Hall–Kier alpha value is -1.03. The molecule has 2 N–H and O–H groups in total. The second kappa shape index (κ2) is 4.87. The van der Waals surface area contributed by atoms with Crippen LogP contribution in [0.2, 0.25) is 0 Å². The third kappa shape index (κ3) is 2.55. The molecule has 1 aliphatic rings. The number of aromatic nitrogens is 2. The Bertz CT molecular complexity index is 326. The lowest BCUT2D eigenvalue weighted by atomic mass is 9.92. The van der Waals surface area contributed by atoms with E-state index >= 15 is 0 Å². The first kappa shape index (κ1) is 11.5. The van der Waals surface area contributed by atoms with Gasteiger partial charge in [-0.3, -0.25) is 4.68 Å². The quantitative estimate of drug-likeness (QED) is 0.797. The molecule has 0 amide bonds. The van der Waals surface area contributed by atoms with Crippen molar-refractivity contribution >= 4 is 5.82 Å². The summed E-state index contributed by atoms with van der Waals surface area (Å²) in [6.45, 7) is 4.39. The first-order chi connectivity index (χ1) is 7.74. The topological polar surface area (TPSA) is 41.9 Å². The molecule has 1 atom stereocenters. The third-order valence-corrected chi connectivity index (χ3v) is 3.38. The third-order valence-electron chi connectivity index (χ3n) is 3.38. The Morgan fingerprint density at radius 3 is 3.06 bits per heavy atom. The molecule has 16 heavy (non-hydrogen) atoms. The molecular formula is C12H22N4. The molecule has 1 aromatic rings. The average molecular weight is 222 g/mol. The lowest BCUT2D eigenvalue weighted by Gasteiger charge is -2.29. The van der Waals surface area contributed by atoms with E-state index in [1.54, 1.807) is 0 Å². The number of nitrogens with one attached hydrogen (secondary N) is 2. The number of hydrogen-bond donors (Lipinski definition) is 2. The molecule has 0 spiro atoms. The largest absolute Gasteiger partial charge is 0.367 e. The Morgan fingerprint density at radius 1 is 1.62 bits per heavy atom. The molecule has 1 fully saturated rings. The van der Waals surface area contributed by atoms with Gasteiger partial charge in [0.1, 0.15) is 5.82 Å². The van der Waals surface area contributed by atoms with Crippen LogP contribution < -0.4 is 10.6 Å². The lowest BCUT2D eigenvalue weighted by Crippen LogP contribution is -2.45. The van der Waals surface area contributed by atoms with Crippen molar-refractivity contribution in [2.24, 2.45) is 7.05 Å². The van der Waals surface area contributed by atoms with Crippen LogP contribution >= 0.6 is 0 Å². The molecule has 2 rings (SSSR count). The van der Waals surface area contributed by atoms with Crippen molar-refractivity contribution in [1.82, 2.24) is 15.1 Å². The molecule has 4 nitrogen and oxygen atoms in total. The standard InChI is InChI=1S/C12H22N4/c1-3-6-12(7-4-8-14-12)10-13-11-5-9-16(2)15-11/h5,9,14H,3-4,6-8,10H2,1-2H3,(H,13,15). The molecule has 4 heteroatoms. The van der Waals surface area contributed by atoms with Gasteiger partial charge in [-0.15, -0.1) is 0 Å². The fourth-order valence-corrected chi connectivity index (χ4v) is 2.57. The zero-order valence-corrected chi connectivity index (χ0v) is 10.3. The van der Waals surface area contributed by atoms with E-state index in [0.717, 1.165) is 18.9 Å². The van der Waals surface area contributed by atoms with Gasteiger partial charge < -0.3 is 10.6 Å². The molecular weight excluding hydrogens is 200 g/mol. The normalized spacial score (nSPS) is 24.9. The highest BCUT2D eigenvalue weighted by Gasteiger charge is 2.32. The van der Waals surface area contributed by atoms with E-state index in [9.17, 15) is 0 Å². The maximum absolute atomic E-state index is 4.34. The molecule has 0 aromatic carbocycles. The molecule has 90 valence electrons. The molecule has 2 heterocycles. The number of hydrogen-bond acceptors (Lipinski definition) is 3. The van der Waals surface area contributed by atoms with Crippen molar-refractivity contribution in [2.75, 3.05) is 18.4 Å². The van der Waals surface area contributed by atoms with Gasteiger partial charge in [-0.05, 0) is 25.8 Å². The van der Waals surface area contributed by atoms with Crippen molar-refractivity contribution in [3.8, 4) is 0 Å². The lowest BCUT2D eigenvalue weighted by molar-refractivity contribution is 0.363. The zero-order chi connectivity index (χ0) is 11.4. The fraction of sp³-hybridized carbons (Fsp3) is 0.750. The van der Waals surface area contributed by atoms with Crippen LogP contribution in [-0.4, -0.2) is 28.4 Å². The monoisotopic (exact) mass is 222 g/mol. The molecule has 0 radical (unpaired) electrons. The number of nitrogens with zero attached hydrogens (tertiary/aromatic N) is 2. The molecule has 1 unspecified atom stereocenters. The van der Waals surface area contributed by atoms with Crippen molar-refractivity contribution in [2.45, 2.75) is 38.1 Å². The predicted molar refractivity (Wildman–Crippen MR) is 66.6 cm³/mol. The molecule has 0 aliphatic carbocycles. The van der Waals surface area contributed by atoms with Gasteiger partial charge in [0.15, 0.2) is 0 Å². The van der Waals surface area contributed by atoms with Crippen LogP contribution in [0.25, 0.3) is 0 Å². The minimum atomic E-state index is 0.298. The highest BCUT2D eigenvalue weighted by molar-refractivity contribution is 5.33. The van der Waals surface area contributed by atoms with Crippen LogP contribution in [0.4, 0.5) is 5.82 Å². The van der Waals surface area contributed by atoms with Crippen LogP contribution in [0.3, 0.4) is 0 Å². The summed E-state index contributed by atoms with van der Waals surface area (Å²) in [5.74, 6) is 0.978. The summed E-state index contributed by atoms with van der Waals surface area (Å²) in [6, 6.07) is 2.02. The van der Waals surface area contributed by atoms with Crippen LogP contribution in [0.5, 0.6) is 0 Å². The highest BCUT2D eigenvalue weighted by Crippen LogP contribution is 2.24. The minimum absolute atomic E-state index is 0.298. The molecule has 0 saturated carbocycles. The van der Waals surface area contributed by atoms with E-state index in [-0.39, 0.29) is 0 Å². The molecule has 1 saturated heterocycles. The van der Waals surface area contributed by atoms with Gasteiger partial charge >= 0.3 is 0 Å². The van der Waals surface area contributed by atoms with E-state index in [1.165, 1.54) is 25.7 Å². The van der Waals surface area contributed by atoms with Crippen molar-refractivity contribution in [3.63, 3.8) is 0 Å². The van der Waals surface area contributed by atoms with E-state index < -0.39 is 0 Å². The summed E-state index contributed by atoms with van der Waals surface area (Å²) < 4.78 is 1.83. The van der Waals surface area contributed by atoms with E-state index in [2.05, 4.69) is 22.7 Å². The van der Waals surface area contributed by atoms with Gasteiger partial charge in [-0.1, -0.05) is 13.3 Å². The summed E-state index contributed by atoms with van der Waals surface area (Å²) >= 11 is 0. The first-order valence-corrected chi connectivity index (χ1v) is 6.23. The second-order valence-corrected chi connectivity index (χ2v) is 4.79. The van der Waals surface area contributed by atoms with Gasteiger partial charge in [-0.2, -0.15) is 5.10 Å². The van der Waals surface area contributed by atoms with E-state index in [0.29, 0.717) is 5.54 Å². The fourth-order valence-electron chi connectivity index (χ4n) is 2.57. The number of anilines is 1. The van der Waals surface area contributed by atoms with Gasteiger partial charge in [0.25, 0.3) is 0 Å². The van der Waals surface area contributed by atoms with Crippen molar-refractivity contribution < 1.29 is 0 Å². The minimum Gasteiger partial charge on any atom is -0.367 e. The maximum Gasteiger partial charge on any atom is 0.148 e. The predicted octanol–water partition coefficient (Wildman–Crippen LogP) is 1.75. The summed E-state index contributed by atoms with van der Waals surface area (Å²) in [7, 11) is 1.95. The smallest absolute Gasteiger partial charge is 0.148 e. The Kier molecular flexibility index (Phi) is 3.49. The van der Waals surface area contributed by atoms with Gasteiger partial charge in [0.2, 0.25) is 0 Å². The first-order valence-electron chi connectivity index (χ1n) is 6.23. The van der Waals surface area contributed by atoms with Crippen LogP contribution in [-0.2, 0) is 7.05 Å². The van der Waals surface area contributed by atoms with Crippen molar-refractivity contribution in [1.29, 1.82) is 0 Å². The van der Waals surface area contributed by atoms with Gasteiger partial charge in [-0.25, -0.2) is 0 Å². The Balaban J connectivity index is 1.91. The summed E-state index contributed by atoms with van der Waals surface area (Å²) in [4.78, 5) is 0. The Labute approximate surface area is 97.4 Å². The second-order valence-electron chi connectivity index (χ2n) is 4.79. The molecule has 1 aliphatic heterocycles. The van der Waals surface area contributed by atoms with E-state index in [4.69, 9.17) is 0 Å². The molecule has 0 bridgehead atoms. The highest BCUT2D eigenvalue weighted by atomic mass is 15.3. The zero-order valence-electron chi connectivity index (χ0n) is 10.3. The van der Waals surface area contributed by atoms with Crippen molar-refractivity contribution in [3.05, 3.63) is 12.3 Å².